The lowest BCUT2D eigenvalue weighted by Gasteiger charge is -2.46. The van der Waals surface area contributed by atoms with E-state index in [2.05, 4.69) is 25.0 Å². The van der Waals surface area contributed by atoms with Crippen molar-refractivity contribution in [3.05, 3.63) is 71.8 Å². The van der Waals surface area contributed by atoms with E-state index in [4.69, 9.17) is 21.6 Å². The van der Waals surface area contributed by atoms with Crippen LogP contribution in [0.5, 0.6) is 0 Å². The molecular weight excluding hydrogens is 453 g/mol. The first kappa shape index (κ1) is 24.0. The lowest BCUT2D eigenvalue weighted by Crippen LogP contribution is -2.60. The Hall–Kier alpha value is -3.19. The standard InChI is InChI=1S/C26H29ClFN5O/c1-7-23(34)31-13-17(5)32(14-16(31)4)25-20-12-21(27)24(19-10-8-9-11-22(19)28)30-26(20)33(15(2)3)18(6)29-25/h7-12,15-17H,1,6,13-14H2,2-5H3. The number of aromatic nitrogens is 1. The summed E-state index contributed by atoms with van der Waals surface area (Å²) in [5.41, 5.74) is 1.47. The molecule has 1 aromatic heterocycles. The highest BCUT2D eigenvalue weighted by molar-refractivity contribution is 6.33. The third-order valence-corrected chi connectivity index (χ3v) is 6.59. The quantitative estimate of drug-likeness (QED) is 0.573. The van der Waals surface area contributed by atoms with Gasteiger partial charge in [-0.05, 0) is 52.0 Å². The van der Waals surface area contributed by atoms with Crippen molar-refractivity contribution in [3.63, 3.8) is 0 Å². The summed E-state index contributed by atoms with van der Waals surface area (Å²) in [6.45, 7) is 17.0. The van der Waals surface area contributed by atoms with Crippen LogP contribution in [0.3, 0.4) is 0 Å². The number of carbonyl (C=O) groups excluding carboxylic acids is 1. The maximum absolute atomic E-state index is 14.6. The van der Waals surface area contributed by atoms with E-state index in [1.807, 2.05) is 36.6 Å². The Labute approximate surface area is 205 Å². The molecule has 1 amide bonds. The van der Waals surface area contributed by atoms with Crippen molar-refractivity contribution < 1.29 is 9.18 Å². The van der Waals surface area contributed by atoms with E-state index in [1.165, 1.54) is 12.1 Å². The van der Waals surface area contributed by atoms with Crippen LogP contribution in [0.15, 0.2) is 60.4 Å². The molecule has 34 heavy (non-hydrogen) atoms. The second-order valence-electron chi connectivity index (χ2n) is 9.03. The fourth-order valence-corrected chi connectivity index (χ4v) is 4.89. The van der Waals surface area contributed by atoms with Crippen molar-refractivity contribution >= 4 is 29.2 Å². The number of hydrogen-bond donors (Lipinski definition) is 0. The number of anilines is 1. The van der Waals surface area contributed by atoms with Crippen LogP contribution in [0.25, 0.3) is 11.3 Å². The van der Waals surface area contributed by atoms with Crippen LogP contribution in [0.4, 0.5) is 10.2 Å². The van der Waals surface area contributed by atoms with Crippen molar-refractivity contribution in [1.82, 2.24) is 14.8 Å². The van der Waals surface area contributed by atoms with Gasteiger partial charge in [0.1, 0.15) is 23.3 Å². The molecule has 6 nitrogen and oxygen atoms in total. The Morgan fingerprint density at radius 1 is 1.21 bits per heavy atom. The number of rotatable bonds is 3. The molecule has 1 aromatic carbocycles. The molecule has 2 atom stereocenters. The van der Waals surface area contributed by atoms with Gasteiger partial charge in [0.05, 0.1) is 16.3 Å². The Bertz CT molecular complexity index is 1190. The minimum atomic E-state index is -0.387. The predicted molar refractivity (Wildman–Crippen MR) is 135 cm³/mol. The Morgan fingerprint density at radius 2 is 1.91 bits per heavy atom. The zero-order chi connectivity index (χ0) is 24.7. The lowest BCUT2D eigenvalue weighted by molar-refractivity contribution is -0.130. The van der Waals surface area contributed by atoms with Gasteiger partial charge in [0.15, 0.2) is 0 Å². The third-order valence-electron chi connectivity index (χ3n) is 6.30. The number of amides is 1. The molecule has 3 heterocycles. The number of fused-ring (bicyclic) bond motifs is 1. The molecule has 178 valence electrons. The summed E-state index contributed by atoms with van der Waals surface area (Å²) < 4.78 is 14.6. The number of nitrogens with zero attached hydrogens (tertiary/aromatic N) is 5. The van der Waals surface area contributed by atoms with Gasteiger partial charge in [-0.25, -0.2) is 14.4 Å². The molecule has 0 aliphatic carbocycles. The van der Waals surface area contributed by atoms with E-state index in [9.17, 15) is 9.18 Å². The maximum Gasteiger partial charge on any atom is 0.246 e. The van der Waals surface area contributed by atoms with Gasteiger partial charge in [0, 0.05) is 36.8 Å². The van der Waals surface area contributed by atoms with Crippen LogP contribution < -0.4 is 4.90 Å². The van der Waals surface area contributed by atoms with Crippen LogP contribution >= 0.6 is 11.6 Å². The summed E-state index contributed by atoms with van der Waals surface area (Å²) in [4.78, 5) is 27.9. The largest absolute Gasteiger partial charge is 0.349 e. The molecule has 0 saturated carbocycles. The van der Waals surface area contributed by atoms with Gasteiger partial charge < -0.3 is 14.7 Å². The van der Waals surface area contributed by atoms with E-state index in [-0.39, 0.29) is 29.8 Å². The summed E-state index contributed by atoms with van der Waals surface area (Å²) in [5, 5.41) is 0.342. The number of piperazine rings is 1. The zero-order valence-electron chi connectivity index (χ0n) is 19.9. The van der Waals surface area contributed by atoms with Gasteiger partial charge in [-0.15, -0.1) is 0 Å². The number of carbonyl (C=O) groups is 1. The minimum absolute atomic E-state index is 0.00452. The Morgan fingerprint density at radius 3 is 2.56 bits per heavy atom. The van der Waals surface area contributed by atoms with E-state index >= 15 is 0 Å². The molecule has 0 bridgehead atoms. The monoisotopic (exact) mass is 481 g/mol. The van der Waals surface area contributed by atoms with Gasteiger partial charge in [0.2, 0.25) is 5.91 Å². The van der Waals surface area contributed by atoms with E-state index in [0.717, 1.165) is 5.56 Å². The fraction of sp³-hybridized carbons (Fsp3) is 0.346. The average molecular weight is 482 g/mol. The molecule has 2 aromatic rings. The Kier molecular flexibility index (Phi) is 6.49. The van der Waals surface area contributed by atoms with Crippen LogP contribution in [-0.4, -0.2) is 57.7 Å². The van der Waals surface area contributed by atoms with E-state index in [1.54, 1.807) is 18.2 Å². The second-order valence-corrected chi connectivity index (χ2v) is 9.44. The zero-order valence-corrected chi connectivity index (χ0v) is 20.7. The van der Waals surface area contributed by atoms with Crippen molar-refractivity contribution in [2.75, 3.05) is 18.0 Å². The average Bonchev–Trinajstić information content (AvgIpc) is 2.79. The van der Waals surface area contributed by atoms with Crippen molar-refractivity contribution in [1.29, 1.82) is 0 Å². The normalized spacial score (nSPS) is 20.4. The summed E-state index contributed by atoms with van der Waals surface area (Å²) in [7, 11) is 0. The van der Waals surface area contributed by atoms with Crippen LogP contribution in [-0.2, 0) is 4.79 Å². The summed E-state index contributed by atoms with van der Waals surface area (Å²) >= 11 is 6.68. The second kappa shape index (κ2) is 9.22. The first-order chi connectivity index (χ1) is 16.1. The number of benzene rings is 1. The molecular formula is C26H29ClFN5O. The van der Waals surface area contributed by atoms with Crippen molar-refractivity contribution in [2.45, 2.75) is 45.8 Å². The smallest absolute Gasteiger partial charge is 0.246 e. The summed E-state index contributed by atoms with van der Waals surface area (Å²) in [5.74, 6) is 1.42. The molecule has 1 saturated heterocycles. The third kappa shape index (κ3) is 4.09. The van der Waals surface area contributed by atoms with Crippen molar-refractivity contribution in [3.8, 4) is 11.3 Å². The highest BCUT2D eigenvalue weighted by atomic mass is 35.5. The molecule has 1 fully saturated rings. The van der Waals surface area contributed by atoms with Gasteiger partial charge in [-0.2, -0.15) is 0 Å². The fourth-order valence-electron chi connectivity index (χ4n) is 4.64. The van der Waals surface area contributed by atoms with Crippen molar-refractivity contribution in [2.24, 2.45) is 4.99 Å². The molecule has 0 N–H and O–H groups in total. The molecule has 0 radical (unpaired) electrons. The van der Waals surface area contributed by atoms with Gasteiger partial charge in [-0.1, -0.05) is 36.9 Å². The van der Waals surface area contributed by atoms with Crippen LogP contribution in [0.2, 0.25) is 5.02 Å². The lowest BCUT2D eigenvalue weighted by atomic mass is 10.0. The maximum atomic E-state index is 14.6. The topological polar surface area (TPSA) is 52.0 Å². The summed E-state index contributed by atoms with van der Waals surface area (Å²) in [6, 6.07) is 8.25. The van der Waals surface area contributed by atoms with Gasteiger partial charge in [0.25, 0.3) is 0 Å². The number of pyridine rings is 1. The first-order valence-corrected chi connectivity index (χ1v) is 11.7. The molecule has 2 unspecified atom stereocenters. The highest BCUT2D eigenvalue weighted by Gasteiger charge is 2.37. The number of amidine groups is 1. The predicted octanol–water partition coefficient (Wildman–Crippen LogP) is 5.09. The number of halogens is 2. The summed E-state index contributed by atoms with van der Waals surface area (Å²) in [6.07, 6.45) is 1.35. The molecule has 8 heteroatoms. The van der Waals surface area contributed by atoms with Crippen LogP contribution in [0, 0.1) is 5.82 Å². The molecule has 2 aliphatic rings. The Balaban J connectivity index is 1.82. The molecule has 2 aliphatic heterocycles. The van der Waals surface area contributed by atoms with E-state index in [0.29, 0.717) is 46.8 Å². The molecule has 4 rings (SSSR count). The molecule has 0 spiro atoms. The number of aliphatic imine (C=N–C) groups is 1. The first-order valence-electron chi connectivity index (χ1n) is 11.4. The van der Waals surface area contributed by atoms with E-state index < -0.39 is 0 Å². The minimum Gasteiger partial charge on any atom is -0.349 e. The SMILES string of the molecule is C=CC(=O)N1CC(C)N(C2=NC(=C)N(C(C)C)c3nc(-c4ccccc4F)c(Cl)cc32)CC1C. The number of hydrogen-bond acceptors (Lipinski definition) is 5. The highest BCUT2D eigenvalue weighted by Crippen LogP contribution is 2.38. The van der Waals surface area contributed by atoms with Gasteiger partial charge >= 0.3 is 0 Å². The van der Waals surface area contributed by atoms with Gasteiger partial charge in [-0.3, -0.25) is 4.79 Å². The van der Waals surface area contributed by atoms with Crippen LogP contribution in [0.1, 0.15) is 33.3 Å².